The molecule has 0 aliphatic carbocycles. The average molecular weight is 323 g/mol. The lowest BCUT2D eigenvalue weighted by atomic mass is 9.84. The van der Waals surface area contributed by atoms with Gasteiger partial charge in [0.2, 0.25) is 5.91 Å². The van der Waals surface area contributed by atoms with Gasteiger partial charge >= 0.3 is 0 Å². The van der Waals surface area contributed by atoms with E-state index < -0.39 is 0 Å². The number of hydrogen-bond acceptors (Lipinski definition) is 2. The topological polar surface area (TPSA) is 41.1 Å². The van der Waals surface area contributed by atoms with Gasteiger partial charge in [-0.3, -0.25) is 4.79 Å². The summed E-state index contributed by atoms with van der Waals surface area (Å²) in [4.78, 5) is 12.1. The molecule has 1 aromatic rings. The molecule has 1 aromatic carbocycles. The van der Waals surface area contributed by atoms with Crippen LogP contribution in [0.2, 0.25) is 5.02 Å². The Bertz CT molecular complexity index is 478. The van der Waals surface area contributed by atoms with Crippen LogP contribution in [0, 0.1) is 5.92 Å². The van der Waals surface area contributed by atoms with Crippen molar-refractivity contribution < 1.29 is 4.79 Å². The van der Waals surface area contributed by atoms with Gasteiger partial charge < -0.3 is 10.6 Å². The van der Waals surface area contributed by atoms with Crippen molar-refractivity contribution in [3.8, 4) is 0 Å². The zero-order chi connectivity index (χ0) is 16.0. The van der Waals surface area contributed by atoms with Crippen molar-refractivity contribution >= 4 is 17.5 Å². The maximum absolute atomic E-state index is 12.1. The molecule has 0 bridgehead atoms. The summed E-state index contributed by atoms with van der Waals surface area (Å²) in [6, 6.07) is 7.86. The highest BCUT2D eigenvalue weighted by Crippen LogP contribution is 2.24. The van der Waals surface area contributed by atoms with Crippen LogP contribution in [0.3, 0.4) is 0 Å². The van der Waals surface area contributed by atoms with Gasteiger partial charge in [-0.15, -0.1) is 0 Å². The van der Waals surface area contributed by atoms with E-state index in [9.17, 15) is 4.79 Å². The molecule has 1 fully saturated rings. The highest BCUT2D eigenvalue weighted by atomic mass is 35.5. The van der Waals surface area contributed by atoms with Crippen LogP contribution in [0.1, 0.15) is 45.1 Å². The highest BCUT2D eigenvalue weighted by Gasteiger charge is 2.22. The average Bonchev–Trinajstić information content (AvgIpc) is 2.52. The first-order chi connectivity index (χ1) is 10.5. The maximum atomic E-state index is 12.1. The SMILES string of the molecule is CC(C)(CNC(=O)CCC1CCNCC1)c1ccc(Cl)cc1. The second kappa shape index (κ2) is 7.98. The molecule has 2 N–H and O–H groups in total. The highest BCUT2D eigenvalue weighted by molar-refractivity contribution is 6.30. The molecule has 0 spiro atoms. The molecule has 4 heteroatoms. The first-order valence-electron chi connectivity index (χ1n) is 8.21. The van der Waals surface area contributed by atoms with E-state index in [1.165, 1.54) is 18.4 Å². The van der Waals surface area contributed by atoms with Crippen LogP contribution in [0.5, 0.6) is 0 Å². The summed E-state index contributed by atoms with van der Waals surface area (Å²) in [6.07, 6.45) is 4.04. The Labute approximate surface area is 138 Å². The second-order valence-electron chi connectivity index (χ2n) is 6.90. The van der Waals surface area contributed by atoms with Crippen molar-refractivity contribution in [2.24, 2.45) is 5.92 Å². The Morgan fingerprint density at radius 1 is 1.27 bits per heavy atom. The largest absolute Gasteiger partial charge is 0.355 e. The molecule has 1 heterocycles. The quantitative estimate of drug-likeness (QED) is 0.841. The number of rotatable bonds is 6. The minimum atomic E-state index is -0.0883. The lowest BCUT2D eigenvalue weighted by Crippen LogP contribution is -2.37. The molecular formula is C18H27ClN2O. The summed E-state index contributed by atoms with van der Waals surface area (Å²) in [5.41, 5.74) is 1.10. The van der Waals surface area contributed by atoms with Gasteiger partial charge in [0, 0.05) is 23.4 Å². The Balaban J connectivity index is 1.75. The van der Waals surface area contributed by atoms with Crippen LogP contribution in [-0.4, -0.2) is 25.5 Å². The predicted octanol–water partition coefficient (Wildman–Crippen LogP) is 3.51. The predicted molar refractivity (Wildman–Crippen MR) is 92.3 cm³/mol. The van der Waals surface area contributed by atoms with E-state index >= 15 is 0 Å². The van der Waals surface area contributed by atoms with Gasteiger partial charge in [0.1, 0.15) is 0 Å². The van der Waals surface area contributed by atoms with Gasteiger partial charge in [-0.2, -0.15) is 0 Å². The van der Waals surface area contributed by atoms with Crippen LogP contribution in [0.4, 0.5) is 0 Å². The third-order valence-corrected chi connectivity index (χ3v) is 4.84. The number of nitrogens with one attached hydrogen (secondary N) is 2. The van der Waals surface area contributed by atoms with E-state index in [-0.39, 0.29) is 11.3 Å². The fraction of sp³-hybridized carbons (Fsp3) is 0.611. The Hall–Kier alpha value is -1.06. The number of carbonyl (C=O) groups excluding carboxylic acids is 1. The third kappa shape index (κ3) is 5.29. The fourth-order valence-corrected chi connectivity index (χ4v) is 3.04. The molecule has 1 amide bonds. The van der Waals surface area contributed by atoms with Crippen molar-refractivity contribution in [3.63, 3.8) is 0 Å². The normalized spacial score (nSPS) is 16.5. The van der Waals surface area contributed by atoms with E-state index in [0.29, 0.717) is 18.9 Å². The van der Waals surface area contributed by atoms with Gasteiger partial charge in [0.05, 0.1) is 0 Å². The lowest BCUT2D eigenvalue weighted by molar-refractivity contribution is -0.121. The Kier molecular flexibility index (Phi) is 6.27. The molecule has 1 saturated heterocycles. The van der Waals surface area contributed by atoms with Crippen LogP contribution in [0.25, 0.3) is 0 Å². The number of piperidine rings is 1. The minimum Gasteiger partial charge on any atom is -0.355 e. The molecule has 0 radical (unpaired) electrons. The van der Waals surface area contributed by atoms with E-state index in [0.717, 1.165) is 24.5 Å². The molecule has 1 aliphatic heterocycles. The summed E-state index contributed by atoms with van der Waals surface area (Å²) < 4.78 is 0. The molecule has 0 saturated carbocycles. The van der Waals surface area contributed by atoms with Gasteiger partial charge in [-0.25, -0.2) is 0 Å². The van der Waals surface area contributed by atoms with Crippen LogP contribution < -0.4 is 10.6 Å². The molecule has 0 aromatic heterocycles. The molecule has 1 aliphatic rings. The second-order valence-corrected chi connectivity index (χ2v) is 7.34. The summed E-state index contributed by atoms with van der Waals surface area (Å²) in [6.45, 7) is 7.12. The van der Waals surface area contributed by atoms with E-state index in [1.807, 2.05) is 24.3 Å². The molecule has 0 unspecified atom stereocenters. The van der Waals surface area contributed by atoms with E-state index in [4.69, 9.17) is 11.6 Å². The summed E-state index contributed by atoms with van der Waals surface area (Å²) in [5.74, 6) is 0.872. The Morgan fingerprint density at radius 3 is 2.55 bits per heavy atom. The molecule has 122 valence electrons. The van der Waals surface area contributed by atoms with Crippen molar-refractivity contribution in [2.45, 2.75) is 44.9 Å². The number of hydrogen-bond donors (Lipinski definition) is 2. The van der Waals surface area contributed by atoms with E-state index in [2.05, 4.69) is 24.5 Å². The standard InChI is InChI=1S/C18H27ClN2O/c1-18(2,15-4-6-16(19)7-5-15)13-21-17(22)8-3-14-9-11-20-12-10-14/h4-7,14,20H,3,8-13H2,1-2H3,(H,21,22). The van der Waals surface area contributed by atoms with Crippen LogP contribution in [-0.2, 0) is 10.2 Å². The summed E-state index contributed by atoms with van der Waals surface area (Å²) in [7, 11) is 0. The number of halogens is 1. The first-order valence-corrected chi connectivity index (χ1v) is 8.58. The lowest BCUT2D eigenvalue weighted by Gasteiger charge is -2.26. The summed E-state index contributed by atoms with van der Waals surface area (Å²) >= 11 is 5.93. The molecule has 22 heavy (non-hydrogen) atoms. The van der Waals surface area contributed by atoms with Gasteiger partial charge in [0.15, 0.2) is 0 Å². The van der Waals surface area contributed by atoms with Crippen molar-refractivity contribution in [2.75, 3.05) is 19.6 Å². The van der Waals surface area contributed by atoms with Crippen LogP contribution >= 0.6 is 11.6 Å². The maximum Gasteiger partial charge on any atom is 0.220 e. The van der Waals surface area contributed by atoms with Gasteiger partial charge in [-0.1, -0.05) is 37.6 Å². The van der Waals surface area contributed by atoms with Gasteiger partial charge in [0.25, 0.3) is 0 Å². The monoisotopic (exact) mass is 322 g/mol. The zero-order valence-electron chi connectivity index (χ0n) is 13.6. The molecule has 2 rings (SSSR count). The minimum absolute atomic E-state index is 0.0883. The molecule has 3 nitrogen and oxygen atoms in total. The smallest absolute Gasteiger partial charge is 0.220 e. The number of amides is 1. The Morgan fingerprint density at radius 2 is 1.91 bits per heavy atom. The third-order valence-electron chi connectivity index (χ3n) is 4.59. The van der Waals surface area contributed by atoms with Crippen molar-refractivity contribution in [1.82, 2.24) is 10.6 Å². The van der Waals surface area contributed by atoms with Crippen molar-refractivity contribution in [1.29, 1.82) is 0 Å². The zero-order valence-corrected chi connectivity index (χ0v) is 14.4. The molecular weight excluding hydrogens is 296 g/mol. The first kappa shape index (κ1) is 17.3. The van der Waals surface area contributed by atoms with Crippen LogP contribution in [0.15, 0.2) is 24.3 Å². The van der Waals surface area contributed by atoms with Crippen molar-refractivity contribution in [3.05, 3.63) is 34.9 Å². The summed E-state index contributed by atoms with van der Waals surface area (Å²) in [5, 5.41) is 7.19. The number of carbonyl (C=O) groups is 1. The van der Waals surface area contributed by atoms with E-state index in [1.54, 1.807) is 0 Å². The molecule has 0 atom stereocenters. The fourth-order valence-electron chi connectivity index (χ4n) is 2.92. The van der Waals surface area contributed by atoms with Gasteiger partial charge in [-0.05, 0) is 56.0 Å². The number of benzene rings is 1.